The molecule has 0 aliphatic heterocycles. The predicted octanol–water partition coefficient (Wildman–Crippen LogP) is 4.43. The number of ether oxygens (including phenoxy) is 1. The number of nitrogens with one attached hydrogen (secondary N) is 1. The average molecular weight is 295 g/mol. The zero-order chi connectivity index (χ0) is 15.1. The Morgan fingerprint density at radius 3 is 2.50 bits per heavy atom. The van der Waals surface area contributed by atoms with E-state index in [2.05, 4.69) is 58.1 Å². The summed E-state index contributed by atoms with van der Waals surface area (Å²) < 4.78 is 5.53. The van der Waals surface area contributed by atoms with E-state index in [0.29, 0.717) is 17.2 Å². The smallest absolute Gasteiger partial charge is 0.123 e. The van der Waals surface area contributed by atoms with E-state index < -0.39 is 0 Å². The lowest BCUT2D eigenvalue weighted by Gasteiger charge is -2.23. The van der Waals surface area contributed by atoms with Gasteiger partial charge < -0.3 is 10.1 Å². The normalized spacial score (nSPS) is 14.3. The summed E-state index contributed by atoms with van der Waals surface area (Å²) in [5.41, 5.74) is 2.56. The highest BCUT2D eigenvalue weighted by atomic mass is 32.2. The Hall–Kier alpha value is -0.670. The monoisotopic (exact) mass is 295 g/mol. The second kappa shape index (κ2) is 8.58. The molecule has 0 aliphatic carbocycles. The molecule has 0 amide bonds. The molecule has 20 heavy (non-hydrogen) atoms. The number of benzene rings is 1. The zero-order valence-electron chi connectivity index (χ0n) is 13.7. The lowest BCUT2D eigenvalue weighted by Crippen LogP contribution is -2.25. The van der Waals surface area contributed by atoms with Crippen molar-refractivity contribution in [3.63, 3.8) is 0 Å². The van der Waals surface area contributed by atoms with E-state index in [4.69, 9.17) is 4.74 Å². The van der Waals surface area contributed by atoms with Gasteiger partial charge in [-0.15, -0.1) is 0 Å². The third kappa shape index (κ3) is 5.02. The predicted molar refractivity (Wildman–Crippen MR) is 90.9 cm³/mol. The molecule has 1 N–H and O–H groups in total. The van der Waals surface area contributed by atoms with Crippen LogP contribution in [0.25, 0.3) is 0 Å². The van der Waals surface area contributed by atoms with Crippen LogP contribution < -0.4 is 10.1 Å². The summed E-state index contributed by atoms with van der Waals surface area (Å²) in [4.78, 5) is 0. The number of thioether (sulfide) groups is 1. The van der Waals surface area contributed by atoms with Gasteiger partial charge in [0.15, 0.2) is 0 Å². The van der Waals surface area contributed by atoms with Gasteiger partial charge in [0.2, 0.25) is 0 Å². The van der Waals surface area contributed by atoms with E-state index in [-0.39, 0.29) is 0 Å². The Morgan fingerprint density at radius 1 is 1.25 bits per heavy atom. The van der Waals surface area contributed by atoms with Crippen LogP contribution in [0.2, 0.25) is 0 Å². The third-order valence-electron chi connectivity index (χ3n) is 3.68. The van der Waals surface area contributed by atoms with Crippen LogP contribution in [0.1, 0.15) is 44.9 Å². The second-order valence-electron chi connectivity index (χ2n) is 5.64. The molecule has 3 heteroatoms. The number of hydrogen-bond donors (Lipinski definition) is 1. The topological polar surface area (TPSA) is 21.3 Å². The van der Waals surface area contributed by atoms with Crippen molar-refractivity contribution in [2.24, 2.45) is 5.92 Å². The minimum absolute atomic E-state index is 0.348. The first-order valence-corrected chi connectivity index (χ1v) is 8.54. The van der Waals surface area contributed by atoms with Gasteiger partial charge in [0.25, 0.3) is 0 Å². The van der Waals surface area contributed by atoms with Crippen LogP contribution >= 0.6 is 11.8 Å². The molecule has 1 rings (SSSR count). The van der Waals surface area contributed by atoms with Gasteiger partial charge in [0, 0.05) is 22.6 Å². The lowest BCUT2D eigenvalue weighted by atomic mass is 10.0. The maximum Gasteiger partial charge on any atom is 0.123 e. The van der Waals surface area contributed by atoms with Crippen molar-refractivity contribution in [2.75, 3.05) is 19.4 Å². The van der Waals surface area contributed by atoms with Crippen LogP contribution in [0.5, 0.6) is 5.75 Å². The van der Waals surface area contributed by atoms with Crippen LogP contribution in [-0.4, -0.2) is 24.7 Å². The second-order valence-corrected chi connectivity index (χ2v) is 7.05. The molecule has 114 valence electrons. The minimum atomic E-state index is 0.348. The van der Waals surface area contributed by atoms with E-state index in [1.54, 1.807) is 7.11 Å². The van der Waals surface area contributed by atoms with E-state index in [1.807, 2.05) is 11.8 Å². The molecule has 0 aliphatic rings. The van der Waals surface area contributed by atoms with Gasteiger partial charge in [-0.25, -0.2) is 0 Å². The quantitative estimate of drug-likeness (QED) is 0.766. The summed E-state index contributed by atoms with van der Waals surface area (Å²) >= 11 is 2.03. The van der Waals surface area contributed by atoms with Crippen LogP contribution in [0.15, 0.2) is 18.2 Å². The fourth-order valence-corrected chi connectivity index (χ4v) is 3.25. The van der Waals surface area contributed by atoms with Gasteiger partial charge in [-0.3, -0.25) is 0 Å². The molecular weight excluding hydrogens is 266 g/mol. The van der Waals surface area contributed by atoms with Crippen LogP contribution in [0, 0.1) is 12.8 Å². The van der Waals surface area contributed by atoms with E-state index in [0.717, 1.165) is 18.0 Å². The van der Waals surface area contributed by atoms with E-state index in [9.17, 15) is 0 Å². The van der Waals surface area contributed by atoms with Crippen LogP contribution in [0.4, 0.5) is 0 Å². The molecule has 1 aromatic carbocycles. The molecule has 0 saturated carbocycles. The van der Waals surface area contributed by atoms with Crippen molar-refractivity contribution in [1.82, 2.24) is 5.32 Å². The highest BCUT2D eigenvalue weighted by Crippen LogP contribution is 2.31. The first-order chi connectivity index (χ1) is 9.49. The molecule has 2 unspecified atom stereocenters. The largest absolute Gasteiger partial charge is 0.496 e. The molecule has 0 bridgehead atoms. The Kier molecular flexibility index (Phi) is 7.46. The minimum Gasteiger partial charge on any atom is -0.496 e. The fourth-order valence-electron chi connectivity index (χ4n) is 2.07. The highest BCUT2D eigenvalue weighted by Gasteiger charge is 2.18. The molecule has 2 atom stereocenters. The molecule has 0 spiro atoms. The Bertz CT molecular complexity index is 406. The molecule has 2 nitrogen and oxygen atoms in total. The lowest BCUT2D eigenvalue weighted by molar-refractivity contribution is 0.402. The van der Waals surface area contributed by atoms with E-state index in [1.165, 1.54) is 11.1 Å². The van der Waals surface area contributed by atoms with E-state index >= 15 is 0 Å². The first kappa shape index (κ1) is 17.4. The molecule has 0 fully saturated rings. The summed E-state index contributed by atoms with van der Waals surface area (Å²) in [6.07, 6.45) is 0. The average Bonchev–Trinajstić information content (AvgIpc) is 2.42. The van der Waals surface area contributed by atoms with Crippen molar-refractivity contribution in [1.29, 1.82) is 0 Å². The molecule has 0 heterocycles. The molecule has 0 radical (unpaired) electrons. The summed E-state index contributed by atoms with van der Waals surface area (Å²) in [5.74, 6) is 2.77. The standard InChI is InChI=1S/C17H29NOS/c1-7-18-16(11-20-14(5)12(2)3)15-10-13(4)8-9-17(15)19-6/h8-10,12,14,16,18H,7,11H2,1-6H3. The van der Waals surface area contributed by atoms with Gasteiger partial charge in [-0.05, 0) is 25.5 Å². The van der Waals surface area contributed by atoms with Gasteiger partial charge in [0.05, 0.1) is 7.11 Å². The molecule has 1 aromatic rings. The number of aryl methyl sites for hydroxylation is 1. The SMILES string of the molecule is CCNC(CSC(C)C(C)C)c1cc(C)ccc1OC. The van der Waals surface area contributed by atoms with Crippen LogP contribution in [-0.2, 0) is 0 Å². The molecule has 0 saturated heterocycles. The Balaban J connectivity index is 2.87. The van der Waals surface area contributed by atoms with Crippen molar-refractivity contribution in [3.8, 4) is 5.75 Å². The maximum absolute atomic E-state index is 5.53. The zero-order valence-corrected chi connectivity index (χ0v) is 14.5. The number of rotatable bonds is 8. The third-order valence-corrected chi connectivity index (χ3v) is 5.27. The van der Waals surface area contributed by atoms with Crippen molar-refractivity contribution >= 4 is 11.8 Å². The van der Waals surface area contributed by atoms with Crippen molar-refractivity contribution in [2.45, 2.75) is 45.9 Å². The van der Waals surface area contributed by atoms with Crippen LogP contribution in [0.3, 0.4) is 0 Å². The van der Waals surface area contributed by atoms with Gasteiger partial charge in [-0.1, -0.05) is 45.4 Å². The van der Waals surface area contributed by atoms with Crippen molar-refractivity contribution < 1.29 is 4.74 Å². The van der Waals surface area contributed by atoms with Gasteiger partial charge in [-0.2, -0.15) is 11.8 Å². The van der Waals surface area contributed by atoms with Gasteiger partial charge >= 0.3 is 0 Å². The summed E-state index contributed by atoms with van der Waals surface area (Å²) in [7, 11) is 1.75. The van der Waals surface area contributed by atoms with Crippen molar-refractivity contribution in [3.05, 3.63) is 29.3 Å². The Morgan fingerprint density at radius 2 is 1.95 bits per heavy atom. The Labute approximate surface area is 128 Å². The summed E-state index contributed by atoms with van der Waals surface area (Å²) in [6.45, 7) is 12.1. The fraction of sp³-hybridized carbons (Fsp3) is 0.647. The number of hydrogen-bond acceptors (Lipinski definition) is 3. The first-order valence-electron chi connectivity index (χ1n) is 7.49. The highest BCUT2D eigenvalue weighted by molar-refractivity contribution is 7.99. The summed E-state index contributed by atoms with van der Waals surface area (Å²) in [5, 5.41) is 4.27. The van der Waals surface area contributed by atoms with Gasteiger partial charge in [0.1, 0.15) is 5.75 Å². The molecular formula is C17H29NOS. The molecule has 0 aromatic heterocycles. The maximum atomic E-state index is 5.53. The summed E-state index contributed by atoms with van der Waals surface area (Å²) in [6, 6.07) is 6.77. The number of methoxy groups -OCH3 is 1.